The molecule has 1 aromatic carbocycles. The van der Waals surface area contributed by atoms with Gasteiger partial charge in [-0.15, -0.1) is 0 Å². The van der Waals surface area contributed by atoms with E-state index in [9.17, 15) is 40.3 Å². The lowest BCUT2D eigenvalue weighted by molar-refractivity contribution is -0.359. The molecule has 0 spiro atoms. The zero-order chi connectivity index (χ0) is 29.4. The lowest BCUT2D eigenvalue weighted by Gasteiger charge is -2.27. The normalized spacial score (nSPS) is 12.4. The Balaban J connectivity index is 2.33. The number of carbonyl (C=O) groups is 2. The van der Waals surface area contributed by atoms with Crippen molar-refractivity contribution in [2.75, 3.05) is 13.2 Å². The van der Waals surface area contributed by atoms with E-state index >= 15 is 0 Å². The van der Waals surface area contributed by atoms with Crippen molar-refractivity contribution in [3.05, 3.63) is 35.4 Å². The Bertz CT molecular complexity index is 857. The summed E-state index contributed by atoms with van der Waals surface area (Å²) in [6.45, 7) is -0.283. The first kappa shape index (κ1) is 34.7. The Hall–Kier alpha value is -2.33. The lowest BCUT2D eigenvalue weighted by Crippen LogP contribution is -2.54. The standard InChI is InChI=1S/C28H39F7O4/c1-2-3-4-5-6-7-8-9-10-11-12-13-14-17-20-38-24(36)22-18-15-16-19-23(22)25(37)39-21-26(29,30)27(31,32)28(33,34)35/h15-16,18-19H,2-14,17,20-21H2,1H3. The Morgan fingerprint density at radius 1 is 0.615 bits per heavy atom. The monoisotopic (exact) mass is 572 g/mol. The number of ether oxygens (including phenoxy) is 2. The van der Waals surface area contributed by atoms with Crippen molar-refractivity contribution in [1.29, 1.82) is 0 Å². The van der Waals surface area contributed by atoms with Crippen molar-refractivity contribution < 1.29 is 49.8 Å². The number of hydrogen-bond donors (Lipinski definition) is 0. The van der Waals surface area contributed by atoms with E-state index in [1.165, 1.54) is 69.9 Å². The summed E-state index contributed by atoms with van der Waals surface area (Å²) in [5.74, 6) is -14.7. The molecule has 0 N–H and O–H groups in total. The molecule has 4 nitrogen and oxygen atoms in total. The minimum atomic E-state index is -6.54. The van der Waals surface area contributed by atoms with E-state index in [2.05, 4.69) is 11.7 Å². The number of rotatable bonds is 20. The minimum absolute atomic E-state index is 0.0378. The number of esters is 2. The smallest absolute Gasteiger partial charge is 0.460 e. The first-order chi connectivity index (χ1) is 18.3. The van der Waals surface area contributed by atoms with E-state index < -0.39 is 42.1 Å². The first-order valence-corrected chi connectivity index (χ1v) is 13.6. The molecule has 0 aromatic heterocycles. The molecule has 0 aliphatic heterocycles. The van der Waals surface area contributed by atoms with Crippen molar-refractivity contribution in [3.8, 4) is 0 Å². The van der Waals surface area contributed by atoms with Crippen molar-refractivity contribution in [2.45, 2.75) is 115 Å². The first-order valence-electron chi connectivity index (χ1n) is 13.6. The van der Waals surface area contributed by atoms with Gasteiger partial charge in [0, 0.05) is 0 Å². The highest BCUT2D eigenvalue weighted by Crippen LogP contribution is 2.46. The van der Waals surface area contributed by atoms with Gasteiger partial charge < -0.3 is 9.47 Å². The summed E-state index contributed by atoms with van der Waals surface area (Å²) in [4.78, 5) is 24.5. The number of benzene rings is 1. The quantitative estimate of drug-likeness (QED) is 0.0888. The van der Waals surface area contributed by atoms with Gasteiger partial charge in [-0.3, -0.25) is 0 Å². The summed E-state index contributed by atoms with van der Waals surface area (Å²) >= 11 is 0. The van der Waals surface area contributed by atoms with Crippen LogP contribution in [0.4, 0.5) is 30.7 Å². The van der Waals surface area contributed by atoms with Gasteiger partial charge in [0.25, 0.3) is 0 Å². The van der Waals surface area contributed by atoms with Crippen LogP contribution >= 0.6 is 0 Å². The zero-order valence-corrected chi connectivity index (χ0v) is 22.4. The maximum absolute atomic E-state index is 13.4. The molecule has 0 saturated carbocycles. The predicted molar refractivity (Wildman–Crippen MR) is 133 cm³/mol. The molecule has 0 saturated heterocycles. The third-order valence-electron chi connectivity index (χ3n) is 6.30. The Morgan fingerprint density at radius 2 is 1.00 bits per heavy atom. The Kier molecular flexibility index (Phi) is 15.5. The number of alkyl halides is 7. The number of carbonyl (C=O) groups excluding carboxylic acids is 2. The molecular weight excluding hydrogens is 533 g/mol. The maximum atomic E-state index is 13.4. The van der Waals surface area contributed by atoms with Gasteiger partial charge in [-0.1, -0.05) is 103 Å². The molecule has 1 rings (SSSR count). The van der Waals surface area contributed by atoms with Crippen LogP contribution in [0.1, 0.15) is 118 Å². The van der Waals surface area contributed by atoms with E-state index in [4.69, 9.17) is 4.74 Å². The van der Waals surface area contributed by atoms with E-state index in [0.717, 1.165) is 37.8 Å². The second kappa shape index (κ2) is 17.4. The van der Waals surface area contributed by atoms with Gasteiger partial charge in [-0.05, 0) is 18.6 Å². The largest absolute Gasteiger partial charge is 0.462 e. The zero-order valence-electron chi connectivity index (χ0n) is 22.4. The average Bonchev–Trinajstić information content (AvgIpc) is 2.88. The topological polar surface area (TPSA) is 52.6 Å². The van der Waals surface area contributed by atoms with Crippen LogP contribution < -0.4 is 0 Å². The molecule has 39 heavy (non-hydrogen) atoms. The van der Waals surface area contributed by atoms with Gasteiger partial charge in [-0.2, -0.15) is 30.7 Å². The SMILES string of the molecule is CCCCCCCCCCCCCCCCOC(=O)c1ccccc1C(=O)OCC(F)(F)C(F)(F)C(F)(F)F. The molecule has 224 valence electrons. The summed E-state index contributed by atoms with van der Waals surface area (Å²) in [7, 11) is 0. The van der Waals surface area contributed by atoms with E-state index in [1.807, 2.05) is 0 Å². The molecule has 11 heteroatoms. The Morgan fingerprint density at radius 3 is 1.41 bits per heavy atom. The summed E-state index contributed by atoms with van der Waals surface area (Å²) in [6.07, 6.45) is 9.50. The van der Waals surface area contributed by atoms with Crippen molar-refractivity contribution in [3.63, 3.8) is 0 Å². The average molecular weight is 573 g/mol. The number of halogens is 7. The van der Waals surface area contributed by atoms with E-state index in [0.29, 0.717) is 6.42 Å². The van der Waals surface area contributed by atoms with Crippen LogP contribution in [-0.2, 0) is 9.47 Å². The fourth-order valence-electron chi connectivity index (χ4n) is 3.91. The molecule has 0 amide bonds. The molecule has 0 fully saturated rings. The van der Waals surface area contributed by atoms with Crippen LogP contribution in [0, 0.1) is 0 Å². The number of hydrogen-bond acceptors (Lipinski definition) is 4. The highest BCUT2D eigenvalue weighted by molar-refractivity contribution is 6.03. The highest BCUT2D eigenvalue weighted by atomic mass is 19.4. The molecular formula is C28H39F7O4. The number of unbranched alkanes of at least 4 members (excludes halogenated alkanes) is 13. The molecule has 0 aliphatic carbocycles. The second-order valence-corrected chi connectivity index (χ2v) is 9.63. The third-order valence-corrected chi connectivity index (χ3v) is 6.30. The molecule has 0 radical (unpaired) electrons. The van der Waals surface area contributed by atoms with Crippen LogP contribution in [0.2, 0.25) is 0 Å². The molecule has 0 unspecified atom stereocenters. The lowest BCUT2D eigenvalue weighted by atomic mass is 10.0. The van der Waals surface area contributed by atoms with Gasteiger partial charge in [0.2, 0.25) is 0 Å². The van der Waals surface area contributed by atoms with Gasteiger partial charge in [0.1, 0.15) is 0 Å². The molecule has 0 atom stereocenters. The van der Waals surface area contributed by atoms with E-state index in [-0.39, 0.29) is 12.2 Å². The highest BCUT2D eigenvalue weighted by Gasteiger charge is 2.73. The summed E-state index contributed by atoms with van der Waals surface area (Å²) in [5, 5.41) is 0. The summed E-state index contributed by atoms with van der Waals surface area (Å²) < 4.78 is 98.7. The van der Waals surface area contributed by atoms with Gasteiger partial charge in [-0.25, -0.2) is 9.59 Å². The molecule has 1 aromatic rings. The minimum Gasteiger partial charge on any atom is -0.462 e. The fraction of sp³-hybridized carbons (Fsp3) is 0.714. The van der Waals surface area contributed by atoms with Crippen LogP contribution in [0.3, 0.4) is 0 Å². The van der Waals surface area contributed by atoms with Crippen molar-refractivity contribution in [2.24, 2.45) is 0 Å². The second-order valence-electron chi connectivity index (χ2n) is 9.63. The van der Waals surface area contributed by atoms with Gasteiger partial charge >= 0.3 is 30.0 Å². The summed E-state index contributed by atoms with van der Waals surface area (Å²) in [6, 6.07) is 4.70. The van der Waals surface area contributed by atoms with Crippen LogP contribution in [0.15, 0.2) is 24.3 Å². The van der Waals surface area contributed by atoms with Crippen molar-refractivity contribution >= 4 is 11.9 Å². The fourth-order valence-corrected chi connectivity index (χ4v) is 3.91. The van der Waals surface area contributed by atoms with E-state index in [1.54, 1.807) is 0 Å². The van der Waals surface area contributed by atoms with Crippen LogP contribution in [-0.4, -0.2) is 43.2 Å². The van der Waals surface area contributed by atoms with Gasteiger partial charge in [0.05, 0.1) is 17.7 Å². The molecule has 0 heterocycles. The maximum Gasteiger partial charge on any atom is 0.460 e. The van der Waals surface area contributed by atoms with Crippen LogP contribution in [0.5, 0.6) is 0 Å². The summed E-state index contributed by atoms with van der Waals surface area (Å²) in [5.41, 5.74) is -0.964. The molecule has 0 bridgehead atoms. The Labute approximate surface area is 225 Å². The third kappa shape index (κ3) is 12.2. The van der Waals surface area contributed by atoms with Crippen LogP contribution in [0.25, 0.3) is 0 Å². The van der Waals surface area contributed by atoms with Crippen molar-refractivity contribution in [1.82, 2.24) is 0 Å². The predicted octanol–water partition coefficient (Wildman–Crippen LogP) is 9.31. The molecule has 0 aliphatic rings. The van der Waals surface area contributed by atoms with Gasteiger partial charge in [0.15, 0.2) is 6.61 Å².